The van der Waals surface area contributed by atoms with Crippen LogP contribution in [0.25, 0.3) is 0 Å². The molecule has 0 saturated heterocycles. The van der Waals surface area contributed by atoms with Crippen molar-refractivity contribution in [1.82, 2.24) is 0 Å². The Bertz CT molecular complexity index is 253. The first kappa shape index (κ1) is 12.2. The fraction of sp³-hybridized carbons (Fsp3) is 0.875. The monoisotopic (exact) mass is 220 g/mol. The fourth-order valence-electron chi connectivity index (χ4n) is 4.16. The molecule has 16 heavy (non-hydrogen) atoms. The zero-order chi connectivity index (χ0) is 11.6. The summed E-state index contributed by atoms with van der Waals surface area (Å²) in [6.45, 7) is 7.26. The van der Waals surface area contributed by atoms with Crippen molar-refractivity contribution in [3.8, 4) is 0 Å². The van der Waals surface area contributed by atoms with Gasteiger partial charge >= 0.3 is 0 Å². The van der Waals surface area contributed by atoms with Crippen LogP contribution in [0, 0.1) is 23.2 Å². The van der Waals surface area contributed by atoms with Gasteiger partial charge in [0.1, 0.15) is 0 Å². The topological polar surface area (TPSA) is 0 Å². The van der Waals surface area contributed by atoms with Crippen LogP contribution in [0.4, 0.5) is 0 Å². The van der Waals surface area contributed by atoms with E-state index in [1.54, 1.807) is 0 Å². The van der Waals surface area contributed by atoms with Gasteiger partial charge in [-0.15, -0.1) is 0 Å². The van der Waals surface area contributed by atoms with Crippen LogP contribution in [-0.2, 0) is 0 Å². The Morgan fingerprint density at radius 3 is 2.69 bits per heavy atom. The van der Waals surface area contributed by atoms with Crippen molar-refractivity contribution in [1.29, 1.82) is 0 Å². The maximum atomic E-state index is 2.50. The SMILES string of the molecule is CCCCC=CCC12CCC(C1)C(C)C2C. The third-order valence-corrected chi connectivity index (χ3v) is 5.60. The predicted octanol–water partition coefficient (Wildman–Crippen LogP) is 5.20. The first-order valence-corrected chi connectivity index (χ1v) is 7.34. The molecule has 2 aliphatic carbocycles. The molecular formula is C16H28. The van der Waals surface area contributed by atoms with Gasteiger partial charge in [0.15, 0.2) is 0 Å². The summed E-state index contributed by atoms with van der Waals surface area (Å²) in [5.41, 5.74) is 0.701. The van der Waals surface area contributed by atoms with Gasteiger partial charge in [0, 0.05) is 0 Å². The molecule has 92 valence electrons. The third kappa shape index (κ3) is 2.08. The molecule has 0 aromatic heterocycles. The summed E-state index contributed by atoms with van der Waals surface area (Å²) >= 11 is 0. The first-order chi connectivity index (χ1) is 7.69. The molecule has 2 aliphatic rings. The van der Waals surface area contributed by atoms with E-state index in [0.29, 0.717) is 5.41 Å². The van der Waals surface area contributed by atoms with Gasteiger partial charge in [-0.05, 0) is 55.3 Å². The highest BCUT2D eigenvalue weighted by Crippen LogP contribution is 2.62. The highest BCUT2D eigenvalue weighted by atomic mass is 14.6. The van der Waals surface area contributed by atoms with Gasteiger partial charge < -0.3 is 0 Å². The first-order valence-electron chi connectivity index (χ1n) is 7.34. The molecule has 0 N–H and O–H groups in total. The van der Waals surface area contributed by atoms with Crippen LogP contribution in [0.1, 0.15) is 65.7 Å². The molecule has 0 heterocycles. The van der Waals surface area contributed by atoms with E-state index < -0.39 is 0 Å². The van der Waals surface area contributed by atoms with Gasteiger partial charge in [-0.25, -0.2) is 0 Å². The Labute approximate surface area is 102 Å². The Morgan fingerprint density at radius 1 is 1.25 bits per heavy atom. The summed E-state index contributed by atoms with van der Waals surface area (Å²) in [6.07, 6.45) is 14.8. The molecule has 0 aromatic carbocycles. The zero-order valence-electron chi connectivity index (χ0n) is 11.3. The molecule has 0 amide bonds. The lowest BCUT2D eigenvalue weighted by Gasteiger charge is -2.35. The number of hydrogen-bond donors (Lipinski definition) is 0. The molecule has 2 bridgehead atoms. The number of hydrogen-bond acceptors (Lipinski definition) is 0. The van der Waals surface area contributed by atoms with Crippen molar-refractivity contribution in [3.63, 3.8) is 0 Å². The van der Waals surface area contributed by atoms with Gasteiger partial charge in [-0.3, -0.25) is 0 Å². The molecule has 0 heteroatoms. The van der Waals surface area contributed by atoms with Crippen molar-refractivity contribution in [3.05, 3.63) is 12.2 Å². The average Bonchev–Trinajstić information content (AvgIpc) is 2.80. The lowest BCUT2D eigenvalue weighted by molar-refractivity contribution is 0.157. The number of unbranched alkanes of at least 4 members (excludes halogenated alkanes) is 2. The number of fused-ring (bicyclic) bond motifs is 2. The molecule has 0 nitrogen and oxygen atoms in total. The fourth-order valence-corrected chi connectivity index (χ4v) is 4.16. The van der Waals surface area contributed by atoms with E-state index >= 15 is 0 Å². The lowest BCUT2D eigenvalue weighted by atomic mass is 9.70. The van der Waals surface area contributed by atoms with Crippen molar-refractivity contribution in [2.75, 3.05) is 0 Å². The minimum absolute atomic E-state index is 0.701. The van der Waals surface area contributed by atoms with Crippen LogP contribution in [0.2, 0.25) is 0 Å². The summed E-state index contributed by atoms with van der Waals surface area (Å²) in [5, 5.41) is 0. The lowest BCUT2D eigenvalue weighted by Crippen LogP contribution is -2.26. The second kappa shape index (κ2) is 4.94. The van der Waals surface area contributed by atoms with Crippen molar-refractivity contribution in [2.24, 2.45) is 23.2 Å². The molecule has 2 saturated carbocycles. The second-order valence-corrected chi connectivity index (χ2v) is 6.33. The largest absolute Gasteiger partial charge is 0.0885 e. The van der Waals surface area contributed by atoms with Crippen LogP contribution >= 0.6 is 0 Å². The highest BCUT2D eigenvalue weighted by Gasteiger charge is 2.52. The van der Waals surface area contributed by atoms with Gasteiger partial charge in [-0.1, -0.05) is 45.8 Å². The standard InChI is InChI=1S/C16H28/c1-4-5-6-7-8-10-16-11-9-15(12-16)13(2)14(16)3/h7-8,13-15H,4-6,9-12H2,1-3H3. The van der Waals surface area contributed by atoms with E-state index in [1.165, 1.54) is 44.9 Å². The Morgan fingerprint density at radius 2 is 2.06 bits per heavy atom. The number of allylic oxidation sites excluding steroid dienone is 2. The van der Waals surface area contributed by atoms with Crippen LogP contribution in [-0.4, -0.2) is 0 Å². The zero-order valence-corrected chi connectivity index (χ0v) is 11.3. The molecule has 2 fully saturated rings. The van der Waals surface area contributed by atoms with E-state index in [4.69, 9.17) is 0 Å². The summed E-state index contributed by atoms with van der Waals surface area (Å²) in [4.78, 5) is 0. The molecular weight excluding hydrogens is 192 g/mol. The maximum Gasteiger partial charge on any atom is -0.0232 e. The minimum atomic E-state index is 0.701. The van der Waals surface area contributed by atoms with Crippen LogP contribution in [0.5, 0.6) is 0 Å². The number of rotatable bonds is 5. The minimum Gasteiger partial charge on any atom is -0.0885 e. The van der Waals surface area contributed by atoms with E-state index in [-0.39, 0.29) is 0 Å². The Balaban J connectivity index is 1.86. The maximum absolute atomic E-state index is 2.50. The van der Waals surface area contributed by atoms with Gasteiger partial charge in [-0.2, -0.15) is 0 Å². The quantitative estimate of drug-likeness (QED) is 0.441. The van der Waals surface area contributed by atoms with Crippen molar-refractivity contribution >= 4 is 0 Å². The van der Waals surface area contributed by atoms with Crippen LogP contribution in [0.15, 0.2) is 12.2 Å². The molecule has 0 spiro atoms. The van der Waals surface area contributed by atoms with Gasteiger partial charge in [0.2, 0.25) is 0 Å². The molecule has 0 aliphatic heterocycles. The Hall–Kier alpha value is -0.260. The van der Waals surface area contributed by atoms with E-state index in [2.05, 4.69) is 32.9 Å². The van der Waals surface area contributed by atoms with Crippen molar-refractivity contribution < 1.29 is 0 Å². The Kier molecular flexibility index (Phi) is 3.77. The smallest absolute Gasteiger partial charge is 0.0232 e. The average molecular weight is 220 g/mol. The third-order valence-electron chi connectivity index (χ3n) is 5.60. The van der Waals surface area contributed by atoms with Gasteiger partial charge in [0.05, 0.1) is 0 Å². The summed E-state index contributed by atoms with van der Waals surface area (Å²) in [5.74, 6) is 3.00. The summed E-state index contributed by atoms with van der Waals surface area (Å²) < 4.78 is 0. The molecule has 2 rings (SSSR count). The van der Waals surface area contributed by atoms with Crippen LogP contribution in [0.3, 0.4) is 0 Å². The molecule has 4 atom stereocenters. The summed E-state index contributed by atoms with van der Waals surface area (Å²) in [6, 6.07) is 0. The normalized spacial score (nSPS) is 42.3. The highest BCUT2D eigenvalue weighted by molar-refractivity contribution is 5.06. The van der Waals surface area contributed by atoms with Crippen molar-refractivity contribution in [2.45, 2.75) is 65.7 Å². The van der Waals surface area contributed by atoms with Crippen LogP contribution < -0.4 is 0 Å². The van der Waals surface area contributed by atoms with Gasteiger partial charge in [0.25, 0.3) is 0 Å². The second-order valence-electron chi connectivity index (χ2n) is 6.33. The van der Waals surface area contributed by atoms with E-state index in [0.717, 1.165) is 17.8 Å². The predicted molar refractivity (Wildman–Crippen MR) is 71.4 cm³/mol. The molecule has 4 unspecified atom stereocenters. The molecule has 0 aromatic rings. The summed E-state index contributed by atoms with van der Waals surface area (Å²) in [7, 11) is 0. The molecule has 0 radical (unpaired) electrons. The van der Waals surface area contributed by atoms with E-state index in [9.17, 15) is 0 Å². The van der Waals surface area contributed by atoms with E-state index in [1.807, 2.05) is 0 Å².